The summed E-state index contributed by atoms with van der Waals surface area (Å²) in [6.07, 6.45) is -0.309. The molecule has 0 bridgehead atoms. The maximum Gasteiger partial charge on any atom is 0.415 e. The van der Waals surface area contributed by atoms with Crippen LogP contribution in [0.4, 0.5) is 10.5 Å². The molecule has 1 saturated heterocycles. The molecule has 1 unspecified atom stereocenters. The Kier molecular flexibility index (Phi) is 6.06. The maximum absolute atomic E-state index is 12.7. The number of ether oxygens (including phenoxy) is 2. The molecule has 28 heavy (non-hydrogen) atoms. The molecule has 1 heterocycles. The minimum Gasteiger partial charge on any atom is -0.374 e. The number of amides is 2. The number of hydrogen-bond donors (Lipinski definition) is 2. The average molecular weight is 382 g/mol. The number of alkyl carbamates (subject to hydrolysis) is 1. The van der Waals surface area contributed by atoms with Crippen LogP contribution in [0.15, 0.2) is 60.7 Å². The second-order valence-electron chi connectivity index (χ2n) is 6.56. The van der Waals surface area contributed by atoms with Crippen LogP contribution in [0.5, 0.6) is 0 Å². The topological polar surface area (TPSA) is 97.0 Å². The third kappa shape index (κ3) is 4.95. The van der Waals surface area contributed by atoms with Gasteiger partial charge in [0.25, 0.3) is 0 Å². The number of esters is 1. The van der Waals surface area contributed by atoms with Gasteiger partial charge in [-0.2, -0.15) is 0 Å². The highest BCUT2D eigenvalue weighted by molar-refractivity contribution is 5.98. The second-order valence-corrected chi connectivity index (χ2v) is 6.56. The van der Waals surface area contributed by atoms with E-state index in [1.165, 1.54) is 0 Å². The first-order chi connectivity index (χ1) is 13.5. The summed E-state index contributed by atoms with van der Waals surface area (Å²) < 4.78 is 9.94. The van der Waals surface area contributed by atoms with Crippen molar-refractivity contribution in [3.05, 3.63) is 66.2 Å². The molecule has 7 heteroatoms. The van der Waals surface area contributed by atoms with E-state index < -0.39 is 29.6 Å². The van der Waals surface area contributed by atoms with Gasteiger partial charge in [0.1, 0.15) is 6.04 Å². The predicted molar refractivity (Wildman–Crippen MR) is 103 cm³/mol. The molecule has 0 spiro atoms. The summed E-state index contributed by atoms with van der Waals surface area (Å²) in [5.41, 5.74) is 0.435. The first-order valence-corrected chi connectivity index (χ1v) is 9.09. The van der Waals surface area contributed by atoms with Gasteiger partial charge in [0, 0.05) is 12.1 Å². The van der Waals surface area contributed by atoms with Gasteiger partial charge in [0.15, 0.2) is 5.60 Å². The van der Waals surface area contributed by atoms with E-state index in [1.54, 1.807) is 31.2 Å². The average Bonchev–Trinajstić information content (AvgIpc) is 3.50. The van der Waals surface area contributed by atoms with E-state index in [0.29, 0.717) is 12.1 Å². The molecule has 2 aromatic carbocycles. The van der Waals surface area contributed by atoms with Gasteiger partial charge in [0.05, 0.1) is 6.61 Å². The largest absolute Gasteiger partial charge is 0.415 e. The number of benzene rings is 2. The van der Waals surface area contributed by atoms with Crippen molar-refractivity contribution in [2.75, 3.05) is 11.9 Å². The van der Waals surface area contributed by atoms with E-state index in [9.17, 15) is 14.4 Å². The van der Waals surface area contributed by atoms with Crippen LogP contribution in [0.1, 0.15) is 18.9 Å². The van der Waals surface area contributed by atoms with Crippen molar-refractivity contribution in [1.29, 1.82) is 0 Å². The van der Waals surface area contributed by atoms with Gasteiger partial charge in [-0.3, -0.25) is 4.79 Å². The molecule has 3 rings (SSSR count). The highest BCUT2D eigenvalue weighted by Gasteiger charge is 2.53. The van der Waals surface area contributed by atoms with Gasteiger partial charge < -0.3 is 20.1 Å². The van der Waals surface area contributed by atoms with Gasteiger partial charge in [-0.15, -0.1) is 0 Å². The summed E-state index contributed by atoms with van der Waals surface area (Å²) in [6, 6.07) is 17.3. The normalized spacial score (nSPS) is 18.6. The molecule has 0 saturated carbocycles. The van der Waals surface area contributed by atoms with E-state index in [0.717, 1.165) is 5.56 Å². The number of hydrogen-bond acceptors (Lipinski definition) is 5. The first-order valence-electron chi connectivity index (χ1n) is 9.09. The third-order valence-corrected chi connectivity index (χ3v) is 4.55. The van der Waals surface area contributed by atoms with Crippen molar-refractivity contribution in [3.8, 4) is 0 Å². The molecule has 7 nitrogen and oxygen atoms in total. The fraction of sp³-hybridized carbons (Fsp3) is 0.286. The van der Waals surface area contributed by atoms with Crippen LogP contribution in [0.2, 0.25) is 0 Å². The Hall–Kier alpha value is -3.19. The molecule has 0 aromatic heterocycles. The number of nitrogens with one attached hydrogen (secondary N) is 2. The molecule has 2 atom stereocenters. The van der Waals surface area contributed by atoms with E-state index in [1.807, 2.05) is 36.4 Å². The molecule has 0 radical (unpaired) electrons. The quantitative estimate of drug-likeness (QED) is 0.436. The van der Waals surface area contributed by atoms with Crippen LogP contribution >= 0.6 is 0 Å². The molecular weight excluding hydrogens is 360 g/mol. The Morgan fingerprint density at radius 3 is 2.25 bits per heavy atom. The van der Waals surface area contributed by atoms with Crippen molar-refractivity contribution in [1.82, 2.24) is 5.32 Å². The summed E-state index contributed by atoms with van der Waals surface area (Å²) in [4.78, 5) is 37.0. The molecule has 2 amide bonds. The van der Waals surface area contributed by atoms with Crippen LogP contribution in [-0.2, 0) is 25.5 Å². The Labute approximate surface area is 163 Å². The van der Waals surface area contributed by atoms with Gasteiger partial charge in [-0.1, -0.05) is 55.5 Å². The fourth-order valence-electron chi connectivity index (χ4n) is 2.71. The van der Waals surface area contributed by atoms with Crippen LogP contribution < -0.4 is 10.6 Å². The van der Waals surface area contributed by atoms with E-state index in [2.05, 4.69) is 10.6 Å². The minimum atomic E-state index is -1.03. The summed E-state index contributed by atoms with van der Waals surface area (Å²) >= 11 is 0. The monoisotopic (exact) mass is 382 g/mol. The smallest absolute Gasteiger partial charge is 0.374 e. The molecular formula is C21H22N2O5. The third-order valence-electron chi connectivity index (χ3n) is 4.55. The van der Waals surface area contributed by atoms with Crippen LogP contribution in [-0.4, -0.2) is 36.2 Å². The van der Waals surface area contributed by atoms with Crippen LogP contribution in [0.3, 0.4) is 0 Å². The lowest BCUT2D eigenvalue weighted by molar-refractivity contribution is -0.143. The number of anilines is 1. The first kappa shape index (κ1) is 19.6. The number of epoxide rings is 1. The second kappa shape index (κ2) is 8.67. The molecule has 1 aliphatic heterocycles. The van der Waals surface area contributed by atoms with Crippen LogP contribution in [0.25, 0.3) is 0 Å². The molecule has 2 N–H and O–H groups in total. The number of para-hydroxylation sites is 1. The number of carbonyl (C=O) groups excluding carboxylic acids is 3. The maximum atomic E-state index is 12.7. The molecule has 0 aliphatic carbocycles. The zero-order chi connectivity index (χ0) is 20.0. The van der Waals surface area contributed by atoms with Crippen molar-refractivity contribution >= 4 is 23.7 Å². The predicted octanol–water partition coefficient (Wildman–Crippen LogP) is 2.67. The summed E-state index contributed by atoms with van der Waals surface area (Å²) in [7, 11) is 0. The van der Waals surface area contributed by atoms with Crippen molar-refractivity contribution in [2.24, 2.45) is 0 Å². The summed E-state index contributed by atoms with van der Waals surface area (Å²) in [5, 5.41) is 5.25. The molecule has 146 valence electrons. The van der Waals surface area contributed by atoms with E-state index >= 15 is 0 Å². The molecule has 2 aromatic rings. The van der Waals surface area contributed by atoms with Gasteiger partial charge in [0.2, 0.25) is 5.91 Å². The number of carbonyl (C=O) groups is 3. The molecule has 1 aliphatic rings. The Bertz CT molecular complexity index is 834. The lowest BCUT2D eigenvalue weighted by Crippen LogP contribution is -2.46. The Balaban J connectivity index is 1.67. The van der Waals surface area contributed by atoms with E-state index in [4.69, 9.17) is 9.47 Å². The van der Waals surface area contributed by atoms with Crippen molar-refractivity contribution < 1.29 is 23.9 Å². The van der Waals surface area contributed by atoms with Gasteiger partial charge in [-0.25, -0.2) is 9.59 Å². The van der Waals surface area contributed by atoms with Crippen molar-refractivity contribution in [3.63, 3.8) is 0 Å². The van der Waals surface area contributed by atoms with E-state index in [-0.39, 0.29) is 13.0 Å². The standard InChI is InChI=1S/C21H22N2O5/c1-2-21(14-27-21)19(25)28-20(26)23-17(13-15-9-5-3-6-10-15)18(24)22-16-11-7-4-8-12-16/h3-12,17H,2,13-14H2,1H3,(H,22,24)(H,23,26)/t17?,21-/m0/s1. The summed E-state index contributed by atoms with van der Waals surface area (Å²) in [6.45, 7) is 2.01. The van der Waals surface area contributed by atoms with Crippen LogP contribution in [0, 0.1) is 0 Å². The lowest BCUT2D eigenvalue weighted by Gasteiger charge is -2.18. The molecule has 1 fully saturated rings. The van der Waals surface area contributed by atoms with Gasteiger partial charge in [-0.05, 0) is 24.1 Å². The SMILES string of the molecule is CC[C@@]1(C(=O)OC(=O)NC(Cc2ccccc2)C(=O)Nc2ccccc2)CO1. The number of rotatable bonds is 7. The fourth-order valence-corrected chi connectivity index (χ4v) is 2.71. The highest BCUT2D eigenvalue weighted by Crippen LogP contribution is 2.31. The lowest BCUT2D eigenvalue weighted by atomic mass is 10.1. The zero-order valence-electron chi connectivity index (χ0n) is 15.5. The Morgan fingerprint density at radius 1 is 1.07 bits per heavy atom. The highest BCUT2D eigenvalue weighted by atomic mass is 16.7. The Morgan fingerprint density at radius 2 is 1.68 bits per heavy atom. The summed E-state index contributed by atoms with van der Waals surface area (Å²) in [5.74, 6) is -1.15. The van der Waals surface area contributed by atoms with Gasteiger partial charge >= 0.3 is 12.1 Å². The minimum absolute atomic E-state index is 0.234. The van der Waals surface area contributed by atoms with Crippen molar-refractivity contribution in [2.45, 2.75) is 31.4 Å². The zero-order valence-corrected chi connectivity index (χ0v) is 15.5.